The largest absolute Gasteiger partial charge is 0.355 e. The van der Waals surface area contributed by atoms with E-state index in [9.17, 15) is 14.0 Å². The van der Waals surface area contributed by atoms with Crippen molar-refractivity contribution in [3.63, 3.8) is 0 Å². The molecule has 4 nitrogen and oxygen atoms in total. The van der Waals surface area contributed by atoms with Crippen LogP contribution in [0, 0.1) is 5.82 Å². The number of halogens is 1. The minimum absolute atomic E-state index is 0.0309. The van der Waals surface area contributed by atoms with Crippen LogP contribution in [0.4, 0.5) is 4.39 Å². The Balaban J connectivity index is 1.86. The lowest BCUT2D eigenvalue weighted by Gasteiger charge is -2.31. The number of hydrogen-bond donors (Lipinski definition) is 1. The molecule has 0 aromatic heterocycles. The van der Waals surface area contributed by atoms with Gasteiger partial charge in [-0.3, -0.25) is 9.59 Å². The van der Waals surface area contributed by atoms with Crippen molar-refractivity contribution in [2.75, 3.05) is 6.54 Å². The second kappa shape index (κ2) is 12.5. The van der Waals surface area contributed by atoms with Crippen LogP contribution in [0.15, 0.2) is 78.9 Å². The fourth-order valence-electron chi connectivity index (χ4n) is 4.22. The van der Waals surface area contributed by atoms with Crippen LogP contribution < -0.4 is 5.32 Å². The highest BCUT2D eigenvalue weighted by Gasteiger charge is 2.30. The molecule has 1 atom stereocenters. The molecular weight excluding hydrogens is 451 g/mol. The van der Waals surface area contributed by atoms with Gasteiger partial charge in [-0.25, -0.2) is 4.39 Å². The summed E-state index contributed by atoms with van der Waals surface area (Å²) >= 11 is 0. The maximum absolute atomic E-state index is 14.6. The van der Waals surface area contributed by atoms with Gasteiger partial charge in [0.1, 0.15) is 11.9 Å². The van der Waals surface area contributed by atoms with Crippen LogP contribution in [0.25, 0.3) is 0 Å². The zero-order valence-electron chi connectivity index (χ0n) is 21.8. The molecule has 36 heavy (non-hydrogen) atoms. The Morgan fingerprint density at radius 1 is 0.889 bits per heavy atom. The minimum atomic E-state index is -0.747. The van der Waals surface area contributed by atoms with E-state index in [-0.39, 0.29) is 36.0 Å². The van der Waals surface area contributed by atoms with Gasteiger partial charge >= 0.3 is 0 Å². The fourth-order valence-corrected chi connectivity index (χ4v) is 4.22. The summed E-state index contributed by atoms with van der Waals surface area (Å²) in [6, 6.07) is 23.6. The van der Waals surface area contributed by atoms with Crippen molar-refractivity contribution in [3.05, 3.63) is 107 Å². The normalized spacial score (nSPS) is 12.1. The van der Waals surface area contributed by atoms with Crippen LogP contribution >= 0.6 is 0 Å². The topological polar surface area (TPSA) is 49.4 Å². The van der Waals surface area contributed by atoms with E-state index >= 15 is 0 Å². The first-order chi connectivity index (χ1) is 17.2. The van der Waals surface area contributed by atoms with Gasteiger partial charge in [-0.15, -0.1) is 0 Å². The average molecular weight is 489 g/mol. The predicted molar refractivity (Wildman–Crippen MR) is 143 cm³/mol. The van der Waals surface area contributed by atoms with Gasteiger partial charge in [0.15, 0.2) is 0 Å². The summed E-state index contributed by atoms with van der Waals surface area (Å²) in [5, 5.41) is 2.87. The van der Waals surface area contributed by atoms with Crippen molar-refractivity contribution in [2.24, 2.45) is 0 Å². The van der Waals surface area contributed by atoms with E-state index in [4.69, 9.17) is 0 Å². The molecule has 0 bridgehead atoms. The highest BCUT2D eigenvalue weighted by molar-refractivity contribution is 5.88. The van der Waals surface area contributed by atoms with Crippen molar-refractivity contribution in [1.29, 1.82) is 0 Å². The number of rotatable bonds is 10. The highest BCUT2D eigenvalue weighted by atomic mass is 19.1. The molecule has 0 radical (unpaired) electrons. The fraction of sp³-hybridized carbons (Fsp3) is 0.355. The van der Waals surface area contributed by atoms with E-state index in [1.165, 1.54) is 11.6 Å². The maximum atomic E-state index is 14.6. The summed E-state index contributed by atoms with van der Waals surface area (Å²) in [6.45, 7) is 8.83. The van der Waals surface area contributed by atoms with Gasteiger partial charge in [-0.05, 0) is 41.5 Å². The third-order valence-corrected chi connectivity index (χ3v) is 6.37. The summed E-state index contributed by atoms with van der Waals surface area (Å²) in [6.07, 6.45) is 1.13. The van der Waals surface area contributed by atoms with E-state index in [1.54, 1.807) is 23.1 Å². The number of amides is 2. The second-order valence-corrected chi connectivity index (χ2v) is 10.2. The summed E-state index contributed by atoms with van der Waals surface area (Å²) in [5.41, 5.74) is 3.68. The number of hydrogen-bond acceptors (Lipinski definition) is 2. The van der Waals surface area contributed by atoms with Crippen LogP contribution in [0.2, 0.25) is 0 Å². The van der Waals surface area contributed by atoms with Gasteiger partial charge in [0, 0.05) is 31.5 Å². The lowest BCUT2D eigenvalue weighted by molar-refractivity contribution is -0.141. The van der Waals surface area contributed by atoms with Gasteiger partial charge in [-0.2, -0.15) is 0 Å². The van der Waals surface area contributed by atoms with E-state index in [2.05, 4.69) is 50.4 Å². The molecule has 3 rings (SSSR count). The molecule has 3 aromatic rings. The summed E-state index contributed by atoms with van der Waals surface area (Å²) in [7, 11) is 0. The van der Waals surface area contributed by atoms with E-state index in [1.807, 2.05) is 37.3 Å². The molecular formula is C31H37FN2O2. The molecule has 5 heteroatoms. The zero-order valence-corrected chi connectivity index (χ0v) is 21.8. The SMILES string of the molecule is CCNC(=O)C(Cc1ccccc1)N(Cc1ccccc1F)C(=O)CCc1ccc(C(C)(C)C)cc1. The molecule has 2 amide bonds. The van der Waals surface area contributed by atoms with Gasteiger partial charge in [-0.1, -0.05) is 93.6 Å². The molecule has 0 fully saturated rings. The van der Waals surface area contributed by atoms with Crippen molar-refractivity contribution in [2.45, 2.75) is 65.0 Å². The molecule has 0 heterocycles. The molecule has 0 spiro atoms. The van der Waals surface area contributed by atoms with Crippen LogP contribution in [-0.4, -0.2) is 29.3 Å². The minimum Gasteiger partial charge on any atom is -0.355 e. The Hall–Kier alpha value is -3.47. The Bertz CT molecular complexity index is 1140. The molecule has 1 unspecified atom stereocenters. The molecule has 190 valence electrons. The third-order valence-electron chi connectivity index (χ3n) is 6.37. The third kappa shape index (κ3) is 7.51. The molecule has 0 aliphatic heterocycles. The number of carbonyl (C=O) groups excluding carboxylic acids is 2. The molecule has 3 aromatic carbocycles. The Morgan fingerprint density at radius 3 is 2.14 bits per heavy atom. The van der Waals surface area contributed by atoms with Crippen molar-refractivity contribution in [1.82, 2.24) is 10.2 Å². The molecule has 0 aliphatic rings. The Labute approximate surface area is 214 Å². The molecule has 0 saturated carbocycles. The van der Waals surface area contributed by atoms with Crippen molar-refractivity contribution >= 4 is 11.8 Å². The maximum Gasteiger partial charge on any atom is 0.243 e. The number of nitrogens with one attached hydrogen (secondary N) is 1. The van der Waals surface area contributed by atoms with Crippen LogP contribution in [0.3, 0.4) is 0 Å². The van der Waals surface area contributed by atoms with Crippen LogP contribution in [0.5, 0.6) is 0 Å². The number of nitrogens with zero attached hydrogens (tertiary/aromatic N) is 1. The average Bonchev–Trinajstić information content (AvgIpc) is 2.86. The Morgan fingerprint density at radius 2 is 1.53 bits per heavy atom. The first kappa shape index (κ1) is 27.1. The second-order valence-electron chi connectivity index (χ2n) is 10.2. The first-order valence-corrected chi connectivity index (χ1v) is 12.6. The number of benzene rings is 3. The van der Waals surface area contributed by atoms with E-state index in [0.717, 1.165) is 11.1 Å². The summed E-state index contributed by atoms with van der Waals surface area (Å²) < 4.78 is 14.6. The van der Waals surface area contributed by atoms with Crippen LogP contribution in [0.1, 0.15) is 56.4 Å². The standard InChI is InChI=1S/C31H37FN2O2/c1-5-33-30(36)28(21-24-11-7-6-8-12-24)34(22-25-13-9-10-14-27(25)32)29(35)20-17-23-15-18-26(19-16-23)31(2,3)4/h6-16,18-19,28H,5,17,20-22H2,1-4H3,(H,33,36). The lowest BCUT2D eigenvalue weighted by Crippen LogP contribution is -2.50. The molecule has 0 saturated heterocycles. The number of carbonyl (C=O) groups is 2. The van der Waals surface area contributed by atoms with Gasteiger partial charge in [0.25, 0.3) is 0 Å². The Kier molecular flexibility index (Phi) is 9.40. The highest BCUT2D eigenvalue weighted by Crippen LogP contribution is 2.23. The number of likely N-dealkylation sites (N-methyl/N-ethyl adjacent to an activating group) is 1. The smallest absolute Gasteiger partial charge is 0.243 e. The quantitative estimate of drug-likeness (QED) is 0.390. The monoisotopic (exact) mass is 488 g/mol. The number of aryl methyl sites for hydroxylation is 1. The molecule has 1 N–H and O–H groups in total. The summed E-state index contributed by atoms with van der Waals surface area (Å²) in [4.78, 5) is 28.3. The zero-order chi connectivity index (χ0) is 26.1. The van der Waals surface area contributed by atoms with E-state index < -0.39 is 6.04 Å². The summed E-state index contributed by atoms with van der Waals surface area (Å²) in [5.74, 6) is -0.798. The lowest BCUT2D eigenvalue weighted by atomic mass is 9.86. The first-order valence-electron chi connectivity index (χ1n) is 12.6. The predicted octanol–water partition coefficient (Wildman–Crippen LogP) is 5.83. The van der Waals surface area contributed by atoms with Gasteiger partial charge in [0.2, 0.25) is 11.8 Å². The van der Waals surface area contributed by atoms with Gasteiger partial charge < -0.3 is 10.2 Å². The van der Waals surface area contributed by atoms with Crippen molar-refractivity contribution < 1.29 is 14.0 Å². The van der Waals surface area contributed by atoms with E-state index in [0.29, 0.717) is 24.9 Å². The van der Waals surface area contributed by atoms with Gasteiger partial charge in [0.05, 0.1) is 0 Å². The molecule has 0 aliphatic carbocycles. The van der Waals surface area contributed by atoms with Crippen LogP contribution in [-0.2, 0) is 34.4 Å². The van der Waals surface area contributed by atoms with Crippen molar-refractivity contribution in [3.8, 4) is 0 Å².